The zero-order valence-electron chi connectivity index (χ0n) is 15.8. The van der Waals surface area contributed by atoms with Crippen molar-refractivity contribution in [2.75, 3.05) is 10.6 Å². The van der Waals surface area contributed by atoms with E-state index in [2.05, 4.69) is 10.6 Å². The van der Waals surface area contributed by atoms with Gasteiger partial charge in [0, 0.05) is 23.9 Å². The first-order valence-electron chi connectivity index (χ1n) is 8.70. The van der Waals surface area contributed by atoms with Crippen molar-refractivity contribution in [3.05, 3.63) is 53.1 Å². The van der Waals surface area contributed by atoms with E-state index in [1.165, 1.54) is 6.92 Å². The number of amides is 2. The van der Waals surface area contributed by atoms with E-state index in [1.807, 2.05) is 26.8 Å². The summed E-state index contributed by atoms with van der Waals surface area (Å²) in [5, 5.41) is 5.52. The van der Waals surface area contributed by atoms with E-state index in [4.69, 9.17) is 4.74 Å². The van der Waals surface area contributed by atoms with Crippen molar-refractivity contribution in [3.8, 4) is 5.75 Å². The molecule has 0 fully saturated rings. The molecule has 2 N–H and O–H groups in total. The molecule has 0 unspecified atom stereocenters. The summed E-state index contributed by atoms with van der Waals surface area (Å²) in [6.45, 7) is 7.00. The summed E-state index contributed by atoms with van der Waals surface area (Å²) in [4.78, 5) is 36.3. The number of rotatable bonds is 3. The van der Waals surface area contributed by atoms with Crippen LogP contribution in [0.3, 0.4) is 0 Å². The van der Waals surface area contributed by atoms with Gasteiger partial charge in [-0.25, -0.2) is 0 Å². The molecule has 2 amide bonds. The van der Waals surface area contributed by atoms with Gasteiger partial charge >= 0.3 is 0 Å². The Morgan fingerprint density at radius 1 is 1.07 bits per heavy atom. The maximum atomic E-state index is 12.7. The molecule has 6 heteroatoms. The number of anilines is 2. The van der Waals surface area contributed by atoms with Crippen molar-refractivity contribution in [2.24, 2.45) is 0 Å². The van der Waals surface area contributed by atoms with Crippen LogP contribution in [0.1, 0.15) is 53.5 Å². The minimum atomic E-state index is -0.547. The second-order valence-electron chi connectivity index (χ2n) is 7.34. The first-order chi connectivity index (χ1) is 12.6. The number of nitrogens with one attached hydrogen (secondary N) is 2. The van der Waals surface area contributed by atoms with E-state index in [0.717, 1.165) is 5.56 Å². The quantitative estimate of drug-likeness (QED) is 0.861. The van der Waals surface area contributed by atoms with Crippen molar-refractivity contribution >= 4 is 29.0 Å². The summed E-state index contributed by atoms with van der Waals surface area (Å²) in [7, 11) is 0. The van der Waals surface area contributed by atoms with Crippen molar-refractivity contribution in [3.63, 3.8) is 0 Å². The molecule has 27 heavy (non-hydrogen) atoms. The minimum Gasteiger partial charge on any atom is -0.487 e. The molecule has 6 nitrogen and oxygen atoms in total. The molecule has 1 aliphatic heterocycles. The molecule has 0 atom stereocenters. The van der Waals surface area contributed by atoms with Crippen LogP contribution >= 0.6 is 0 Å². The van der Waals surface area contributed by atoms with Gasteiger partial charge in [0.05, 0.1) is 12.0 Å². The largest absolute Gasteiger partial charge is 0.487 e. The van der Waals surface area contributed by atoms with Crippen molar-refractivity contribution in [1.82, 2.24) is 0 Å². The number of hydrogen-bond donors (Lipinski definition) is 2. The molecule has 3 rings (SSSR count). The van der Waals surface area contributed by atoms with Crippen molar-refractivity contribution < 1.29 is 19.1 Å². The molecule has 0 bridgehead atoms. The van der Waals surface area contributed by atoms with Crippen LogP contribution in [-0.4, -0.2) is 23.2 Å². The molecule has 1 heterocycles. The maximum Gasteiger partial charge on any atom is 0.255 e. The van der Waals surface area contributed by atoms with Gasteiger partial charge in [0.2, 0.25) is 5.91 Å². The van der Waals surface area contributed by atoms with Crippen LogP contribution in [0.25, 0.3) is 0 Å². The molecule has 0 aliphatic carbocycles. The lowest BCUT2D eigenvalue weighted by molar-refractivity contribution is -0.114. The van der Waals surface area contributed by atoms with E-state index in [1.54, 1.807) is 30.3 Å². The molecule has 0 spiro atoms. The topological polar surface area (TPSA) is 84.5 Å². The van der Waals surface area contributed by atoms with Crippen LogP contribution in [0.15, 0.2) is 36.4 Å². The number of benzene rings is 2. The second kappa shape index (κ2) is 6.87. The predicted octanol–water partition coefficient (Wildman–Crippen LogP) is 3.95. The Morgan fingerprint density at radius 2 is 1.81 bits per heavy atom. The highest BCUT2D eigenvalue weighted by molar-refractivity contribution is 6.08. The summed E-state index contributed by atoms with van der Waals surface area (Å²) in [6, 6.07) is 10.1. The molecule has 0 aromatic heterocycles. The van der Waals surface area contributed by atoms with Gasteiger partial charge in [0.25, 0.3) is 5.91 Å². The first kappa shape index (κ1) is 18.6. The molecule has 1 aliphatic rings. The molecule has 2 aromatic rings. The molecular formula is C21H22N2O4. The fourth-order valence-corrected chi connectivity index (χ4v) is 3.03. The number of Topliss-reactive ketones (excluding diaryl/α,β-unsaturated/α-hetero) is 1. The lowest BCUT2D eigenvalue weighted by Gasteiger charge is -2.31. The lowest BCUT2D eigenvalue weighted by atomic mass is 9.92. The Balaban J connectivity index is 1.85. The normalized spacial score (nSPS) is 14.7. The first-order valence-corrected chi connectivity index (χ1v) is 8.70. The smallest absolute Gasteiger partial charge is 0.255 e. The van der Waals surface area contributed by atoms with Gasteiger partial charge in [-0.05, 0) is 56.7 Å². The highest BCUT2D eigenvalue weighted by atomic mass is 16.5. The number of carbonyl (C=O) groups is 3. The summed E-state index contributed by atoms with van der Waals surface area (Å²) < 4.78 is 5.82. The van der Waals surface area contributed by atoms with Crippen LogP contribution in [-0.2, 0) is 4.79 Å². The van der Waals surface area contributed by atoms with E-state index in [0.29, 0.717) is 28.3 Å². The Hall–Kier alpha value is -3.15. The number of aryl methyl sites for hydroxylation is 1. The van der Waals surface area contributed by atoms with Gasteiger partial charge in [-0.15, -0.1) is 0 Å². The van der Waals surface area contributed by atoms with Gasteiger partial charge in [-0.3, -0.25) is 14.4 Å². The maximum absolute atomic E-state index is 12.7. The molecular weight excluding hydrogens is 344 g/mol. The van der Waals surface area contributed by atoms with Crippen molar-refractivity contribution in [2.45, 2.75) is 39.7 Å². The Kier molecular flexibility index (Phi) is 4.74. The number of ether oxygens (including phenoxy) is 1. The SMILES string of the molecule is CC(=O)Nc1ccc(C)c(NC(=O)c2ccc3c(c2)C(=O)CC(C)(C)O3)c1. The van der Waals surface area contributed by atoms with Crippen molar-refractivity contribution in [1.29, 1.82) is 0 Å². The highest BCUT2D eigenvalue weighted by Gasteiger charge is 2.32. The molecule has 0 saturated carbocycles. The monoisotopic (exact) mass is 366 g/mol. The van der Waals surface area contributed by atoms with Crippen LogP contribution < -0.4 is 15.4 Å². The van der Waals surface area contributed by atoms with Gasteiger partial charge in [0.1, 0.15) is 11.4 Å². The second-order valence-corrected chi connectivity index (χ2v) is 7.34. The van der Waals surface area contributed by atoms with Gasteiger partial charge in [-0.2, -0.15) is 0 Å². The van der Waals surface area contributed by atoms with Gasteiger partial charge in [-0.1, -0.05) is 6.07 Å². The average molecular weight is 366 g/mol. The van der Waals surface area contributed by atoms with E-state index < -0.39 is 5.60 Å². The summed E-state index contributed by atoms with van der Waals surface area (Å²) >= 11 is 0. The summed E-state index contributed by atoms with van der Waals surface area (Å²) in [6.07, 6.45) is 0.267. The fraction of sp³-hybridized carbons (Fsp3) is 0.286. The lowest BCUT2D eigenvalue weighted by Crippen LogP contribution is -2.36. The highest BCUT2D eigenvalue weighted by Crippen LogP contribution is 2.33. The third-order valence-corrected chi connectivity index (χ3v) is 4.32. The fourth-order valence-electron chi connectivity index (χ4n) is 3.03. The van der Waals surface area contributed by atoms with E-state index >= 15 is 0 Å². The number of fused-ring (bicyclic) bond motifs is 1. The Bertz CT molecular complexity index is 947. The average Bonchev–Trinajstić information content (AvgIpc) is 2.56. The third kappa shape index (κ3) is 4.16. The summed E-state index contributed by atoms with van der Waals surface area (Å²) in [5.74, 6) is -0.0675. The number of carbonyl (C=O) groups excluding carboxylic acids is 3. The summed E-state index contributed by atoms with van der Waals surface area (Å²) in [5.41, 5.74) is 2.29. The number of ketones is 1. The minimum absolute atomic E-state index is 0.0419. The zero-order valence-corrected chi connectivity index (χ0v) is 15.8. The van der Waals surface area contributed by atoms with E-state index in [9.17, 15) is 14.4 Å². The Labute approximate surface area is 157 Å². The molecule has 140 valence electrons. The van der Waals surface area contributed by atoms with Gasteiger partial charge in [0.15, 0.2) is 5.78 Å². The zero-order chi connectivity index (χ0) is 19.8. The molecule has 0 saturated heterocycles. The van der Waals surface area contributed by atoms with Crippen LogP contribution in [0.4, 0.5) is 11.4 Å². The van der Waals surface area contributed by atoms with Crippen LogP contribution in [0, 0.1) is 6.92 Å². The van der Waals surface area contributed by atoms with Gasteiger partial charge < -0.3 is 15.4 Å². The molecule has 0 radical (unpaired) electrons. The van der Waals surface area contributed by atoms with Crippen LogP contribution in [0.5, 0.6) is 5.75 Å². The van der Waals surface area contributed by atoms with E-state index in [-0.39, 0.29) is 24.0 Å². The third-order valence-electron chi connectivity index (χ3n) is 4.32. The standard InChI is InChI=1S/C21H22N2O4/c1-12-5-7-15(22-13(2)24)10-17(12)23-20(26)14-6-8-19-16(9-14)18(25)11-21(3,4)27-19/h5-10H,11H2,1-4H3,(H,22,24)(H,23,26). The predicted molar refractivity (Wildman–Crippen MR) is 104 cm³/mol. The van der Waals surface area contributed by atoms with Crippen LogP contribution in [0.2, 0.25) is 0 Å². The Morgan fingerprint density at radius 3 is 2.52 bits per heavy atom. The number of hydrogen-bond acceptors (Lipinski definition) is 4. The molecule has 2 aromatic carbocycles.